The largest absolute Gasteiger partial charge is 0.507 e. The van der Waals surface area contributed by atoms with Gasteiger partial charge in [-0.25, -0.2) is 13.6 Å². The summed E-state index contributed by atoms with van der Waals surface area (Å²) >= 11 is 0. The molecule has 13 heteroatoms. The number of amides is 2. The number of nitrogens with one attached hydrogen (secondary N) is 2. The first-order valence-electron chi connectivity index (χ1n) is 10.7. The number of carbonyl (C=O) groups excluding carboxylic acids is 3. The molecule has 2 atom stereocenters. The Kier molecular flexibility index (Phi) is 8.44. The van der Waals surface area contributed by atoms with Gasteiger partial charge in [0.2, 0.25) is 0 Å². The van der Waals surface area contributed by atoms with Crippen molar-refractivity contribution < 1.29 is 42.5 Å². The molecule has 35 heavy (non-hydrogen) atoms. The van der Waals surface area contributed by atoms with Gasteiger partial charge in [0.25, 0.3) is 12.3 Å². The molecule has 1 aliphatic rings. The summed E-state index contributed by atoms with van der Waals surface area (Å²) in [5.41, 5.74) is 0.610. The fraction of sp³-hybridized carbons (Fsp3) is 0.455. The van der Waals surface area contributed by atoms with Crippen LogP contribution in [-0.4, -0.2) is 78.3 Å². The van der Waals surface area contributed by atoms with Gasteiger partial charge in [-0.2, -0.15) is 5.10 Å². The van der Waals surface area contributed by atoms with Gasteiger partial charge in [0.15, 0.2) is 18.7 Å². The fourth-order valence-electron chi connectivity index (χ4n) is 3.72. The summed E-state index contributed by atoms with van der Waals surface area (Å²) in [5.74, 6) is -0.426. The van der Waals surface area contributed by atoms with Crippen molar-refractivity contribution in [2.45, 2.75) is 37.7 Å². The van der Waals surface area contributed by atoms with Crippen molar-refractivity contribution in [2.24, 2.45) is 0 Å². The summed E-state index contributed by atoms with van der Waals surface area (Å²) in [6.07, 6.45) is -1.69. The van der Waals surface area contributed by atoms with Crippen LogP contribution >= 0.6 is 0 Å². The lowest BCUT2D eigenvalue weighted by Crippen LogP contribution is -2.33. The van der Waals surface area contributed by atoms with Gasteiger partial charge in [-0.15, -0.1) is 0 Å². The Labute approximate surface area is 199 Å². The number of aromatic amines is 1. The van der Waals surface area contributed by atoms with Gasteiger partial charge in [0.1, 0.15) is 23.4 Å². The number of phenols is 1. The van der Waals surface area contributed by atoms with E-state index < -0.39 is 37.7 Å². The van der Waals surface area contributed by atoms with E-state index in [-0.39, 0.29) is 34.5 Å². The first-order valence-corrected chi connectivity index (χ1v) is 10.7. The summed E-state index contributed by atoms with van der Waals surface area (Å²) in [7, 11) is 2.63. The smallest absolute Gasteiger partial charge is 0.409 e. The number of nitrogens with zero attached hydrogens (tertiary/aromatic N) is 2. The van der Waals surface area contributed by atoms with Gasteiger partial charge in [-0.05, 0) is 19.3 Å². The average molecular weight is 496 g/mol. The third-order valence-electron chi connectivity index (χ3n) is 5.49. The first kappa shape index (κ1) is 25.7. The molecule has 1 unspecified atom stereocenters. The molecule has 1 heterocycles. The highest BCUT2D eigenvalue weighted by Crippen LogP contribution is 2.36. The number of aldehydes is 1. The van der Waals surface area contributed by atoms with Crippen molar-refractivity contribution in [2.75, 3.05) is 32.6 Å². The zero-order valence-corrected chi connectivity index (χ0v) is 19.1. The first-order chi connectivity index (χ1) is 16.7. The van der Waals surface area contributed by atoms with Crippen LogP contribution in [0.2, 0.25) is 0 Å². The Hall–Kier alpha value is -3.90. The van der Waals surface area contributed by atoms with E-state index in [0.29, 0.717) is 25.5 Å². The predicted molar refractivity (Wildman–Crippen MR) is 118 cm³/mol. The van der Waals surface area contributed by atoms with E-state index in [1.807, 2.05) is 0 Å². The Morgan fingerprint density at radius 2 is 2.11 bits per heavy atom. The van der Waals surface area contributed by atoms with Crippen LogP contribution in [0.25, 0.3) is 0 Å². The lowest BCUT2D eigenvalue weighted by Gasteiger charge is -2.19. The number of anilines is 1. The topological polar surface area (TPSA) is 143 Å². The third kappa shape index (κ3) is 6.80. The molecule has 0 bridgehead atoms. The minimum Gasteiger partial charge on any atom is -0.507 e. The maximum absolute atomic E-state index is 12.4. The summed E-state index contributed by atoms with van der Waals surface area (Å²) in [5, 5.41) is 19.3. The lowest BCUT2D eigenvalue weighted by molar-refractivity contribution is -0.118. The summed E-state index contributed by atoms with van der Waals surface area (Å²) in [6.45, 7) is -1.15. The highest BCUT2D eigenvalue weighted by Gasteiger charge is 2.31. The Morgan fingerprint density at radius 1 is 1.34 bits per heavy atom. The van der Waals surface area contributed by atoms with Crippen molar-refractivity contribution in [1.82, 2.24) is 15.1 Å². The molecule has 1 aromatic heterocycles. The number of hydrogen-bond acceptors (Lipinski definition) is 8. The maximum atomic E-state index is 12.4. The van der Waals surface area contributed by atoms with Crippen LogP contribution in [-0.2, 0) is 9.53 Å². The Morgan fingerprint density at radius 3 is 2.80 bits per heavy atom. The molecule has 0 aliphatic heterocycles. The van der Waals surface area contributed by atoms with Crippen molar-refractivity contribution in [3.8, 4) is 17.2 Å². The normalized spacial score (nSPS) is 17.2. The molecule has 0 radical (unpaired) electrons. The second kappa shape index (κ2) is 11.5. The molecule has 3 rings (SSSR count). The van der Waals surface area contributed by atoms with Crippen LogP contribution in [0.1, 0.15) is 41.2 Å². The average Bonchev–Trinajstić information content (AvgIpc) is 3.46. The van der Waals surface area contributed by atoms with E-state index in [9.17, 15) is 28.3 Å². The molecule has 0 saturated heterocycles. The number of H-pyrrole nitrogens is 1. The van der Waals surface area contributed by atoms with E-state index >= 15 is 0 Å². The minimum atomic E-state index is -2.64. The number of halogens is 2. The second-order valence-corrected chi connectivity index (χ2v) is 8.01. The van der Waals surface area contributed by atoms with Gasteiger partial charge >= 0.3 is 6.09 Å². The number of phenolic OH excluding ortho intramolecular Hbond substituents is 1. The van der Waals surface area contributed by atoms with Crippen LogP contribution in [0.5, 0.6) is 17.2 Å². The maximum Gasteiger partial charge on any atom is 0.409 e. The molecule has 190 valence electrons. The highest BCUT2D eigenvalue weighted by atomic mass is 19.3. The molecule has 1 saturated carbocycles. The van der Waals surface area contributed by atoms with E-state index in [2.05, 4.69) is 15.5 Å². The van der Waals surface area contributed by atoms with E-state index in [1.54, 1.807) is 6.07 Å². The number of alkyl halides is 2. The number of ether oxygens (including phenoxy) is 3. The standard InChI is InChI=1S/C22H26F2N4O7/c1-28(9-19(23)24)22(32)35-13-4-3-12(5-13)16-8-20(27-26-16)25-21(31)11-34-18-7-14(33-2)6-17(30)15(18)10-29/h6-8,10,12-13,19,30H,3-5,9,11H2,1-2H3,(H2,25,26,27,31)/t12-,13?/m0/s1. The van der Waals surface area contributed by atoms with E-state index in [4.69, 9.17) is 14.2 Å². The molecule has 11 nitrogen and oxygen atoms in total. The van der Waals surface area contributed by atoms with Crippen molar-refractivity contribution in [3.63, 3.8) is 0 Å². The van der Waals surface area contributed by atoms with Crippen LogP contribution in [0, 0.1) is 0 Å². The zero-order valence-electron chi connectivity index (χ0n) is 19.1. The molecule has 1 fully saturated rings. The number of methoxy groups -OCH3 is 1. The van der Waals surface area contributed by atoms with E-state index in [0.717, 1.165) is 10.6 Å². The van der Waals surface area contributed by atoms with Crippen LogP contribution in [0.15, 0.2) is 18.2 Å². The van der Waals surface area contributed by atoms with Gasteiger partial charge in [-0.1, -0.05) is 0 Å². The van der Waals surface area contributed by atoms with Gasteiger partial charge in [0, 0.05) is 36.9 Å². The molecule has 2 aromatic rings. The van der Waals surface area contributed by atoms with Gasteiger partial charge < -0.3 is 29.5 Å². The van der Waals surface area contributed by atoms with Gasteiger partial charge in [-0.3, -0.25) is 14.7 Å². The molecule has 3 N–H and O–H groups in total. The number of carbonyl (C=O) groups is 3. The molecule has 1 aromatic carbocycles. The highest BCUT2D eigenvalue weighted by molar-refractivity contribution is 5.91. The van der Waals surface area contributed by atoms with E-state index in [1.165, 1.54) is 26.3 Å². The number of aromatic nitrogens is 2. The summed E-state index contributed by atoms with van der Waals surface area (Å²) in [6, 6.07) is 4.26. The van der Waals surface area contributed by atoms with Gasteiger partial charge in [0.05, 0.1) is 19.2 Å². The summed E-state index contributed by atoms with van der Waals surface area (Å²) in [4.78, 5) is 36.3. The Balaban J connectivity index is 1.51. The Bertz CT molecular complexity index is 1060. The fourth-order valence-corrected chi connectivity index (χ4v) is 3.72. The lowest BCUT2D eigenvalue weighted by atomic mass is 10.0. The van der Waals surface area contributed by atoms with Crippen LogP contribution < -0.4 is 14.8 Å². The van der Waals surface area contributed by atoms with Crippen LogP contribution in [0.3, 0.4) is 0 Å². The summed E-state index contributed by atoms with van der Waals surface area (Å²) < 4.78 is 40.5. The molecule has 1 aliphatic carbocycles. The third-order valence-corrected chi connectivity index (χ3v) is 5.49. The molecular formula is C22H26F2N4O7. The quantitative estimate of drug-likeness (QED) is 0.426. The van der Waals surface area contributed by atoms with Crippen molar-refractivity contribution in [3.05, 3.63) is 29.5 Å². The molecule has 2 amide bonds. The SMILES string of the molecule is COc1cc(O)c(C=O)c(OCC(=O)Nc2cc([C@H]3CCC(OC(=O)N(C)CC(F)F)C3)[nH]n2)c1. The van der Waals surface area contributed by atoms with Crippen molar-refractivity contribution >= 4 is 24.1 Å². The van der Waals surface area contributed by atoms with Crippen LogP contribution in [0.4, 0.5) is 19.4 Å². The predicted octanol–water partition coefficient (Wildman–Crippen LogP) is 2.92. The molecular weight excluding hydrogens is 470 g/mol. The number of aromatic hydroxyl groups is 1. The van der Waals surface area contributed by atoms with Crippen molar-refractivity contribution in [1.29, 1.82) is 0 Å². The number of rotatable bonds is 10. The number of hydrogen-bond donors (Lipinski definition) is 3. The minimum absolute atomic E-state index is 0.0135. The second-order valence-electron chi connectivity index (χ2n) is 8.01. The monoisotopic (exact) mass is 496 g/mol. The number of benzene rings is 1. The molecule has 0 spiro atoms. The zero-order chi connectivity index (χ0) is 25.5.